The fraction of sp³-hybridized carbons (Fsp3) is 0.520. The molecule has 1 fully saturated rings. The van der Waals surface area contributed by atoms with Crippen LogP contribution in [0.15, 0.2) is 39.9 Å². The first-order chi connectivity index (χ1) is 15.4. The van der Waals surface area contributed by atoms with Crippen LogP contribution in [0.4, 0.5) is 0 Å². The first-order valence-electron chi connectivity index (χ1n) is 11.6. The normalized spacial score (nSPS) is 18.7. The van der Waals surface area contributed by atoms with Crippen LogP contribution in [0.5, 0.6) is 0 Å². The molecule has 0 amide bonds. The quantitative estimate of drug-likeness (QED) is 0.592. The van der Waals surface area contributed by atoms with Gasteiger partial charge in [-0.05, 0) is 45.3 Å². The molecule has 7 heteroatoms. The van der Waals surface area contributed by atoms with Crippen molar-refractivity contribution in [2.45, 2.75) is 64.8 Å². The summed E-state index contributed by atoms with van der Waals surface area (Å²) in [4.78, 5) is 30.8. The second kappa shape index (κ2) is 8.61. The van der Waals surface area contributed by atoms with Crippen LogP contribution in [0.1, 0.15) is 49.1 Å². The minimum absolute atomic E-state index is 0.180. The number of aromatic nitrogens is 2. The molecule has 2 aliphatic heterocycles. The lowest BCUT2D eigenvalue weighted by Gasteiger charge is -2.30. The second-order valence-corrected chi connectivity index (χ2v) is 10.7. The monoisotopic (exact) mass is 453 g/mol. The van der Waals surface area contributed by atoms with Crippen LogP contribution in [0, 0.1) is 0 Å². The number of likely N-dealkylation sites (tertiary alicyclic amines) is 1. The summed E-state index contributed by atoms with van der Waals surface area (Å²) < 4.78 is 10.0. The highest BCUT2D eigenvalue weighted by molar-refractivity contribution is 7.19. The average molecular weight is 454 g/mol. The van der Waals surface area contributed by atoms with Gasteiger partial charge in [-0.1, -0.05) is 36.8 Å². The lowest BCUT2D eigenvalue weighted by Crippen LogP contribution is -2.42. The smallest absolute Gasteiger partial charge is 0.331 e. The number of hydrogen-bond donors (Lipinski definition) is 0. The van der Waals surface area contributed by atoms with E-state index in [1.54, 1.807) is 11.3 Å². The Hall–Kier alpha value is -2.22. The molecule has 0 radical (unpaired) electrons. The Morgan fingerprint density at radius 3 is 2.50 bits per heavy atom. The van der Waals surface area contributed by atoms with E-state index in [-0.39, 0.29) is 16.9 Å². The van der Waals surface area contributed by atoms with Crippen LogP contribution in [0.2, 0.25) is 0 Å². The van der Waals surface area contributed by atoms with E-state index in [1.165, 1.54) is 28.7 Å². The lowest BCUT2D eigenvalue weighted by molar-refractivity contribution is -0.0384. The highest BCUT2D eigenvalue weighted by Crippen LogP contribution is 2.37. The Balaban J connectivity index is 1.63. The molecule has 2 aromatic heterocycles. The number of ether oxygens (including phenoxy) is 1. The number of piperidine rings is 1. The highest BCUT2D eigenvalue weighted by atomic mass is 32.1. The van der Waals surface area contributed by atoms with Crippen LogP contribution >= 0.6 is 11.3 Å². The summed E-state index contributed by atoms with van der Waals surface area (Å²) in [5.74, 6) is 0. The van der Waals surface area contributed by atoms with Crippen molar-refractivity contribution in [1.82, 2.24) is 14.0 Å². The Bertz CT molecular complexity index is 1230. The van der Waals surface area contributed by atoms with Gasteiger partial charge in [0.25, 0.3) is 5.56 Å². The molecule has 0 N–H and O–H groups in total. The molecule has 0 unspecified atom stereocenters. The molecular weight excluding hydrogens is 422 g/mol. The molecule has 6 nitrogen and oxygen atoms in total. The minimum Gasteiger partial charge on any atom is -0.370 e. The summed E-state index contributed by atoms with van der Waals surface area (Å²) in [6.07, 6.45) is 4.48. The number of benzene rings is 1. The zero-order valence-corrected chi connectivity index (χ0v) is 19.7. The van der Waals surface area contributed by atoms with Crippen molar-refractivity contribution in [3.63, 3.8) is 0 Å². The average Bonchev–Trinajstić information content (AvgIpc) is 3.15. The molecule has 0 saturated carbocycles. The molecule has 0 spiro atoms. The second-order valence-electron chi connectivity index (χ2n) is 9.62. The van der Waals surface area contributed by atoms with Crippen molar-refractivity contribution in [2.24, 2.45) is 0 Å². The van der Waals surface area contributed by atoms with Crippen molar-refractivity contribution in [2.75, 3.05) is 19.6 Å². The third-order valence-electron chi connectivity index (χ3n) is 6.70. The molecule has 0 bridgehead atoms. The third kappa shape index (κ3) is 4.09. The number of fused-ring (bicyclic) bond motifs is 3. The van der Waals surface area contributed by atoms with E-state index in [1.807, 2.05) is 34.9 Å². The summed E-state index contributed by atoms with van der Waals surface area (Å²) >= 11 is 1.55. The molecule has 2 aliphatic rings. The molecule has 32 heavy (non-hydrogen) atoms. The van der Waals surface area contributed by atoms with Gasteiger partial charge in [0, 0.05) is 30.0 Å². The van der Waals surface area contributed by atoms with Crippen LogP contribution in [-0.2, 0) is 30.9 Å². The van der Waals surface area contributed by atoms with Crippen LogP contribution < -0.4 is 11.2 Å². The van der Waals surface area contributed by atoms with Gasteiger partial charge in [-0.3, -0.25) is 13.9 Å². The van der Waals surface area contributed by atoms with Crippen molar-refractivity contribution >= 4 is 21.6 Å². The minimum atomic E-state index is -0.254. The Morgan fingerprint density at radius 1 is 1.00 bits per heavy atom. The summed E-state index contributed by atoms with van der Waals surface area (Å²) in [6.45, 7) is 8.50. The van der Waals surface area contributed by atoms with Crippen molar-refractivity contribution in [1.29, 1.82) is 0 Å². The van der Waals surface area contributed by atoms with Crippen molar-refractivity contribution in [3.8, 4) is 0 Å². The molecule has 0 atom stereocenters. The summed E-state index contributed by atoms with van der Waals surface area (Å²) in [6, 6.07) is 9.75. The zero-order valence-electron chi connectivity index (χ0n) is 18.9. The Kier molecular flexibility index (Phi) is 5.82. The van der Waals surface area contributed by atoms with Gasteiger partial charge in [-0.2, -0.15) is 0 Å². The van der Waals surface area contributed by atoms with E-state index < -0.39 is 0 Å². The molecule has 1 saturated heterocycles. The molecule has 1 aromatic carbocycles. The van der Waals surface area contributed by atoms with Gasteiger partial charge in [-0.25, -0.2) is 4.79 Å². The fourth-order valence-corrected chi connectivity index (χ4v) is 6.39. The topological polar surface area (TPSA) is 56.5 Å². The number of rotatable bonds is 5. The first kappa shape index (κ1) is 21.6. The van der Waals surface area contributed by atoms with Crippen LogP contribution in [0.25, 0.3) is 10.2 Å². The standard InChI is InChI=1S/C25H31N3O3S/c1-25(2)15-20-19(17-31-25)21-22(32-20)23(29)28(16-18-9-5-3-6-10-18)24(30)27(21)14-13-26-11-7-4-8-12-26/h3,5-6,9-10H,4,7-8,11-17H2,1-2H3. The van der Waals surface area contributed by atoms with Gasteiger partial charge < -0.3 is 9.64 Å². The molecular formula is C25H31N3O3S. The van der Waals surface area contributed by atoms with Gasteiger partial charge in [-0.15, -0.1) is 11.3 Å². The van der Waals surface area contributed by atoms with Crippen LogP contribution in [-0.4, -0.2) is 39.3 Å². The van der Waals surface area contributed by atoms with E-state index in [4.69, 9.17) is 4.74 Å². The summed E-state index contributed by atoms with van der Waals surface area (Å²) in [5.41, 5.74) is 2.14. The lowest BCUT2D eigenvalue weighted by atomic mass is 9.98. The molecule has 170 valence electrons. The maximum atomic E-state index is 13.7. The van der Waals surface area contributed by atoms with Gasteiger partial charge in [0.05, 0.1) is 24.3 Å². The van der Waals surface area contributed by atoms with Gasteiger partial charge >= 0.3 is 5.69 Å². The van der Waals surface area contributed by atoms with Crippen LogP contribution in [0.3, 0.4) is 0 Å². The van der Waals surface area contributed by atoms with E-state index in [2.05, 4.69) is 18.7 Å². The molecule has 5 rings (SSSR count). The predicted octanol–water partition coefficient (Wildman–Crippen LogP) is 3.61. The first-order valence-corrected chi connectivity index (χ1v) is 12.4. The fourth-order valence-electron chi connectivity index (χ4n) is 4.92. The zero-order chi connectivity index (χ0) is 22.3. The largest absolute Gasteiger partial charge is 0.370 e. The maximum Gasteiger partial charge on any atom is 0.331 e. The van der Waals surface area contributed by atoms with Gasteiger partial charge in [0.1, 0.15) is 4.70 Å². The van der Waals surface area contributed by atoms with E-state index in [0.29, 0.717) is 24.4 Å². The SMILES string of the molecule is CC1(C)Cc2sc3c(=O)n(Cc4ccccc4)c(=O)n(CCN4CCCCC4)c3c2CO1. The van der Waals surface area contributed by atoms with Gasteiger partial charge in [0.2, 0.25) is 0 Å². The highest BCUT2D eigenvalue weighted by Gasteiger charge is 2.31. The van der Waals surface area contributed by atoms with Crippen molar-refractivity contribution in [3.05, 3.63) is 67.2 Å². The van der Waals surface area contributed by atoms with Gasteiger partial charge in [0.15, 0.2) is 0 Å². The van der Waals surface area contributed by atoms with E-state index in [9.17, 15) is 9.59 Å². The van der Waals surface area contributed by atoms with E-state index >= 15 is 0 Å². The molecule has 4 heterocycles. The predicted molar refractivity (Wildman–Crippen MR) is 129 cm³/mol. The van der Waals surface area contributed by atoms with Crippen molar-refractivity contribution < 1.29 is 4.74 Å². The number of nitrogens with zero attached hydrogens (tertiary/aromatic N) is 3. The van der Waals surface area contributed by atoms with E-state index in [0.717, 1.165) is 42.7 Å². The Labute approximate surface area is 192 Å². The Morgan fingerprint density at radius 2 is 1.75 bits per heavy atom. The summed E-state index contributed by atoms with van der Waals surface area (Å²) in [7, 11) is 0. The third-order valence-corrected chi connectivity index (χ3v) is 7.91. The number of thiophene rings is 1. The molecule has 0 aliphatic carbocycles. The summed E-state index contributed by atoms with van der Waals surface area (Å²) in [5, 5.41) is 0. The maximum absolute atomic E-state index is 13.7. The molecule has 3 aromatic rings. The number of hydrogen-bond acceptors (Lipinski definition) is 5.